The number of carbonyl (C=O) groups is 1. The highest BCUT2D eigenvalue weighted by atomic mass is 16.3. The zero-order chi connectivity index (χ0) is 13.9. The number of para-hydroxylation sites is 1. The third kappa shape index (κ3) is 2.93. The number of aliphatic hydroxyl groups is 1. The van der Waals surface area contributed by atoms with Crippen molar-refractivity contribution in [2.45, 2.75) is 32.2 Å². The number of amides is 1. The van der Waals surface area contributed by atoms with E-state index in [1.807, 2.05) is 38.1 Å². The van der Waals surface area contributed by atoms with E-state index < -0.39 is 5.54 Å². The molecule has 102 valence electrons. The molecule has 1 amide bonds. The SMILES string of the molecule is CC[C@@](C)(CO)NC(=O)Cc1[nH]nc2ccccc12. The molecule has 0 spiro atoms. The number of nitrogens with one attached hydrogen (secondary N) is 2. The van der Waals surface area contributed by atoms with Crippen LogP contribution in [0, 0.1) is 0 Å². The summed E-state index contributed by atoms with van der Waals surface area (Å²) < 4.78 is 0. The monoisotopic (exact) mass is 261 g/mol. The molecular formula is C14H19N3O2. The van der Waals surface area contributed by atoms with Crippen molar-refractivity contribution < 1.29 is 9.90 Å². The molecule has 0 fully saturated rings. The minimum Gasteiger partial charge on any atom is -0.394 e. The third-order valence-electron chi connectivity index (χ3n) is 3.45. The molecule has 5 nitrogen and oxygen atoms in total. The van der Waals surface area contributed by atoms with Crippen LogP contribution in [0.4, 0.5) is 0 Å². The van der Waals surface area contributed by atoms with Crippen LogP contribution in [0.15, 0.2) is 24.3 Å². The molecule has 0 aliphatic heterocycles. The first-order chi connectivity index (χ1) is 9.08. The van der Waals surface area contributed by atoms with E-state index in [4.69, 9.17) is 0 Å². The molecule has 1 atom stereocenters. The Hall–Kier alpha value is -1.88. The van der Waals surface area contributed by atoms with Crippen LogP contribution < -0.4 is 5.32 Å². The number of H-pyrrole nitrogens is 1. The summed E-state index contributed by atoms with van der Waals surface area (Å²) in [6, 6.07) is 7.67. The van der Waals surface area contributed by atoms with Crippen molar-refractivity contribution in [3.05, 3.63) is 30.0 Å². The van der Waals surface area contributed by atoms with Gasteiger partial charge in [0.2, 0.25) is 5.91 Å². The van der Waals surface area contributed by atoms with Crippen molar-refractivity contribution in [2.75, 3.05) is 6.61 Å². The molecule has 0 radical (unpaired) electrons. The van der Waals surface area contributed by atoms with Crippen LogP contribution in [0.2, 0.25) is 0 Å². The molecule has 0 bridgehead atoms. The fourth-order valence-corrected chi connectivity index (χ4v) is 1.93. The zero-order valence-corrected chi connectivity index (χ0v) is 11.2. The largest absolute Gasteiger partial charge is 0.394 e. The normalized spacial score (nSPS) is 14.3. The number of hydrogen-bond donors (Lipinski definition) is 3. The highest BCUT2D eigenvalue weighted by molar-refractivity contribution is 5.87. The number of hydrogen-bond acceptors (Lipinski definition) is 3. The molecule has 2 aromatic rings. The Balaban J connectivity index is 2.11. The second-order valence-corrected chi connectivity index (χ2v) is 5.02. The van der Waals surface area contributed by atoms with Gasteiger partial charge >= 0.3 is 0 Å². The Morgan fingerprint density at radius 2 is 2.21 bits per heavy atom. The van der Waals surface area contributed by atoms with Gasteiger partial charge in [-0.25, -0.2) is 0 Å². The van der Waals surface area contributed by atoms with Crippen LogP contribution in [0.5, 0.6) is 0 Å². The summed E-state index contributed by atoms with van der Waals surface area (Å²) in [5, 5.41) is 20.2. The summed E-state index contributed by atoms with van der Waals surface area (Å²) in [7, 11) is 0. The Kier molecular flexibility index (Phi) is 3.85. The summed E-state index contributed by atoms with van der Waals surface area (Å²) in [6.07, 6.45) is 0.912. The molecule has 3 N–H and O–H groups in total. The van der Waals surface area contributed by atoms with Crippen molar-refractivity contribution in [3.63, 3.8) is 0 Å². The van der Waals surface area contributed by atoms with Gasteiger partial charge in [0.1, 0.15) is 0 Å². The van der Waals surface area contributed by atoms with Gasteiger partial charge < -0.3 is 10.4 Å². The summed E-state index contributed by atoms with van der Waals surface area (Å²) in [4.78, 5) is 12.0. The Labute approximate surface area is 112 Å². The van der Waals surface area contributed by atoms with E-state index in [0.29, 0.717) is 6.42 Å². The molecule has 1 heterocycles. The molecule has 5 heteroatoms. The Morgan fingerprint density at radius 3 is 2.89 bits per heavy atom. The molecule has 1 aromatic carbocycles. The molecule has 19 heavy (non-hydrogen) atoms. The number of carbonyl (C=O) groups excluding carboxylic acids is 1. The van der Waals surface area contributed by atoms with Crippen LogP contribution in [0.3, 0.4) is 0 Å². The first-order valence-corrected chi connectivity index (χ1v) is 6.42. The van der Waals surface area contributed by atoms with Crippen LogP contribution >= 0.6 is 0 Å². The second-order valence-electron chi connectivity index (χ2n) is 5.02. The number of aromatic amines is 1. The van der Waals surface area contributed by atoms with Gasteiger partial charge in [-0.3, -0.25) is 9.89 Å². The van der Waals surface area contributed by atoms with Crippen LogP contribution in [-0.4, -0.2) is 33.4 Å². The minimum absolute atomic E-state index is 0.0705. The molecular weight excluding hydrogens is 242 g/mol. The van der Waals surface area contributed by atoms with Gasteiger partial charge in [-0.1, -0.05) is 25.1 Å². The quantitative estimate of drug-likeness (QED) is 0.761. The van der Waals surface area contributed by atoms with Crippen molar-refractivity contribution in [2.24, 2.45) is 0 Å². The van der Waals surface area contributed by atoms with Gasteiger partial charge in [-0.2, -0.15) is 5.10 Å². The lowest BCUT2D eigenvalue weighted by atomic mass is 10.00. The van der Waals surface area contributed by atoms with Gasteiger partial charge in [-0.15, -0.1) is 0 Å². The van der Waals surface area contributed by atoms with Crippen molar-refractivity contribution >= 4 is 16.8 Å². The molecule has 0 saturated heterocycles. The first kappa shape index (κ1) is 13.5. The van der Waals surface area contributed by atoms with Gasteiger partial charge in [0.05, 0.1) is 29.8 Å². The predicted molar refractivity (Wildman–Crippen MR) is 73.7 cm³/mol. The highest BCUT2D eigenvalue weighted by Gasteiger charge is 2.23. The topological polar surface area (TPSA) is 78.0 Å². The second kappa shape index (κ2) is 5.40. The maximum Gasteiger partial charge on any atom is 0.226 e. The Morgan fingerprint density at radius 1 is 1.47 bits per heavy atom. The summed E-state index contributed by atoms with van der Waals surface area (Å²) in [5.41, 5.74) is 1.09. The number of aromatic nitrogens is 2. The fraction of sp³-hybridized carbons (Fsp3) is 0.429. The average molecular weight is 261 g/mol. The lowest BCUT2D eigenvalue weighted by Crippen LogP contribution is -2.49. The molecule has 0 unspecified atom stereocenters. The van der Waals surface area contributed by atoms with Crippen LogP contribution in [-0.2, 0) is 11.2 Å². The summed E-state index contributed by atoms with van der Waals surface area (Å²) in [5.74, 6) is -0.118. The maximum atomic E-state index is 12.0. The molecule has 2 rings (SSSR count). The van der Waals surface area contributed by atoms with E-state index in [9.17, 15) is 9.90 Å². The number of rotatable bonds is 5. The molecule has 1 aromatic heterocycles. The molecule has 0 aliphatic rings. The lowest BCUT2D eigenvalue weighted by Gasteiger charge is -2.27. The van der Waals surface area contributed by atoms with Crippen LogP contribution in [0.1, 0.15) is 26.0 Å². The average Bonchev–Trinajstić information content (AvgIpc) is 2.82. The first-order valence-electron chi connectivity index (χ1n) is 6.42. The van der Waals surface area contributed by atoms with Crippen molar-refractivity contribution in [3.8, 4) is 0 Å². The number of benzene rings is 1. The summed E-state index contributed by atoms with van der Waals surface area (Å²) >= 11 is 0. The molecule has 0 saturated carbocycles. The lowest BCUT2D eigenvalue weighted by molar-refractivity contribution is -0.122. The fourth-order valence-electron chi connectivity index (χ4n) is 1.93. The van der Waals surface area contributed by atoms with Gasteiger partial charge in [0.25, 0.3) is 0 Å². The van der Waals surface area contributed by atoms with E-state index in [2.05, 4.69) is 15.5 Å². The smallest absolute Gasteiger partial charge is 0.226 e. The molecule has 0 aliphatic carbocycles. The highest BCUT2D eigenvalue weighted by Crippen LogP contribution is 2.16. The van der Waals surface area contributed by atoms with Gasteiger partial charge in [-0.05, 0) is 19.4 Å². The summed E-state index contributed by atoms with van der Waals surface area (Å²) in [6.45, 7) is 3.69. The zero-order valence-electron chi connectivity index (χ0n) is 11.2. The van der Waals surface area contributed by atoms with Gasteiger partial charge in [0.15, 0.2) is 0 Å². The van der Waals surface area contributed by atoms with Gasteiger partial charge in [0, 0.05) is 5.39 Å². The predicted octanol–water partition coefficient (Wildman–Crippen LogP) is 1.38. The van der Waals surface area contributed by atoms with E-state index in [1.54, 1.807) is 0 Å². The van der Waals surface area contributed by atoms with E-state index in [-0.39, 0.29) is 18.9 Å². The van der Waals surface area contributed by atoms with E-state index >= 15 is 0 Å². The number of fused-ring (bicyclic) bond motifs is 1. The number of aliphatic hydroxyl groups excluding tert-OH is 1. The van der Waals surface area contributed by atoms with Crippen molar-refractivity contribution in [1.29, 1.82) is 0 Å². The third-order valence-corrected chi connectivity index (χ3v) is 3.45. The van der Waals surface area contributed by atoms with E-state index in [0.717, 1.165) is 16.6 Å². The Bertz CT molecular complexity index is 573. The maximum absolute atomic E-state index is 12.0. The van der Waals surface area contributed by atoms with E-state index in [1.165, 1.54) is 0 Å². The van der Waals surface area contributed by atoms with Crippen molar-refractivity contribution in [1.82, 2.24) is 15.5 Å². The standard InChI is InChI=1S/C14H19N3O2/c1-3-14(2,9-18)15-13(19)8-12-10-6-4-5-7-11(10)16-17-12/h4-7,18H,3,8-9H2,1-2H3,(H,15,19)(H,16,17)/t14-/m0/s1. The minimum atomic E-state index is -0.563. The number of nitrogens with zero attached hydrogens (tertiary/aromatic N) is 1. The van der Waals surface area contributed by atoms with Crippen LogP contribution in [0.25, 0.3) is 10.9 Å².